The van der Waals surface area contributed by atoms with Gasteiger partial charge in [-0.3, -0.25) is 14.8 Å². The minimum absolute atomic E-state index is 0.0217. The summed E-state index contributed by atoms with van der Waals surface area (Å²) < 4.78 is 0. The van der Waals surface area contributed by atoms with Crippen LogP contribution >= 0.6 is 11.3 Å². The second kappa shape index (κ2) is 5.73. The number of carbonyl (C=O) groups is 1. The predicted molar refractivity (Wildman–Crippen MR) is 109 cm³/mol. The lowest BCUT2D eigenvalue weighted by Gasteiger charge is -2.39. The number of aromatic nitrogens is 2. The monoisotopic (exact) mass is 375 g/mol. The zero-order valence-electron chi connectivity index (χ0n) is 15.7. The highest BCUT2D eigenvalue weighted by Crippen LogP contribution is 2.51. The topological polar surface area (TPSA) is 54.9 Å². The van der Waals surface area contributed by atoms with Gasteiger partial charge in [0.1, 0.15) is 0 Å². The molecular weight excluding hydrogens is 354 g/mol. The van der Waals surface area contributed by atoms with Crippen LogP contribution in [-0.4, -0.2) is 15.8 Å². The number of rotatable bonds is 1. The van der Waals surface area contributed by atoms with E-state index < -0.39 is 0 Å². The number of Topliss-reactive ketones (excluding diaryl/α,β-unsaturated/α-hetero) is 1. The molecule has 3 aromatic rings. The molecule has 1 atom stereocenters. The molecule has 0 bridgehead atoms. The zero-order valence-corrected chi connectivity index (χ0v) is 16.5. The first kappa shape index (κ1) is 16.6. The van der Waals surface area contributed by atoms with Gasteiger partial charge in [-0.15, -0.1) is 11.3 Å². The van der Waals surface area contributed by atoms with Crippen LogP contribution in [0.1, 0.15) is 48.6 Å². The van der Waals surface area contributed by atoms with Crippen LogP contribution in [0.25, 0.3) is 11.0 Å². The number of anilines is 1. The molecule has 1 aliphatic heterocycles. The van der Waals surface area contributed by atoms with Gasteiger partial charge in [-0.2, -0.15) is 0 Å². The summed E-state index contributed by atoms with van der Waals surface area (Å²) in [6.07, 6.45) is 4.92. The maximum atomic E-state index is 13.3. The molecule has 0 saturated carbocycles. The molecule has 0 amide bonds. The number of ketones is 1. The molecule has 4 nitrogen and oxygen atoms in total. The Morgan fingerprint density at radius 1 is 1.15 bits per heavy atom. The molecule has 27 heavy (non-hydrogen) atoms. The summed E-state index contributed by atoms with van der Waals surface area (Å²) in [6, 6.07) is 6.22. The number of benzene rings is 1. The molecule has 3 heterocycles. The van der Waals surface area contributed by atoms with Gasteiger partial charge in [-0.05, 0) is 47.9 Å². The van der Waals surface area contributed by atoms with Crippen molar-refractivity contribution in [1.29, 1.82) is 0 Å². The molecule has 1 aromatic carbocycles. The lowest BCUT2D eigenvalue weighted by molar-refractivity contribution is -0.118. The van der Waals surface area contributed by atoms with E-state index in [-0.39, 0.29) is 17.1 Å². The number of thiophene rings is 1. The number of hydrogen-bond acceptors (Lipinski definition) is 5. The van der Waals surface area contributed by atoms with E-state index in [4.69, 9.17) is 0 Å². The van der Waals surface area contributed by atoms with Crippen molar-refractivity contribution in [2.75, 3.05) is 5.32 Å². The van der Waals surface area contributed by atoms with Crippen molar-refractivity contribution in [3.05, 3.63) is 63.2 Å². The van der Waals surface area contributed by atoms with E-state index >= 15 is 0 Å². The molecule has 1 N–H and O–H groups in total. The average Bonchev–Trinajstić information content (AvgIpc) is 3.04. The van der Waals surface area contributed by atoms with Crippen molar-refractivity contribution in [3.63, 3.8) is 0 Å². The molecule has 0 saturated heterocycles. The maximum absolute atomic E-state index is 13.3. The zero-order chi connectivity index (χ0) is 18.8. The number of nitrogens with one attached hydrogen (secondary N) is 1. The highest BCUT2D eigenvalue weighted by molar-refractivity contribution is 7.10. The molecule has 2 aromatic heterocycles. The van der Waals surface area contributed by atoms with Crippen LogP contribution in [0.5, 0.6) is 0 Å². The average molecular weight is 375 g/mol. The maximum Gasteiger partial charge on any atom is 0.162 e. The van der Waals surface area contributed by atoms with E-state index in [0.29, 0.717) is 6.42 Å². The van der Waals surface area contributed by atoms with E-state index in [2.05, 4.69) is 53.6 Å². The summed E-state index contributed by atoms with van der Waals surface area (Å²) in [7, 11) is 0. The van der Waals surface area contributed by atoms with Gasteiger partial charge < -0.3 is 5.32 Å². The van der Waals surface area contributed by atoms with Crippen LogP contribution in [0.4, 0.5) is 5.69 Å². The fourth-order valence-corrected chi connectivity index (χ4v) is 5.53. The van der Waals surface area contributed by atoms with Gasteiger partial charge in [0.15, 0.2) is 5.78 Å². The first-order valence-electron chi connectivity index (χ1n) is 9.25. The molecule has 2 aliphatic rings. The van der Waals surface area contributed by atoms with Gasteiger partial charge in [0.25, 0.3) is 0 Å². The molecule has 5 rings (SSSR count). The molecule has 1 aliphatic carbocycles. The van der Waals surface area contributed by atoms with Crippen LogP contribution in [0.2, 0.25) is 0 Å². The van der Waals surface area contributed by atoms with Gasteiger partial charge in [0.2, 0.25) is 0 Å². The molecule has 5 heteroatoms. The SMILES string of the molecule is Cc1ccsc1C1C2=C(CC(C)(C)CC2=O)Nc2ccc3nccnc3c21. The first-order valence-corrected chi connectivity index (χ1v) is 10.1. The lowest BCUT2D eigenvalue weighted by Crippen LogP contribution is -2.33. The lowest BCUT2D eigenvalue weighted by atomic mass is 9.69. The fraction of sp³-hybridized carbons (Fsp3) is 0.318. The molecular formula is C22H21N3OS. The Hall–Kier alpha value is -2.53. The number of carbonyl (C=O) groups excluding carboxylic acids is 1. The molecule has 1 unspecified atom stereocenters. The van der Waals surface area contributed by atoms with Gasteiger partial charge >= 0.3 is 0 Å². The van der Waals surface area contributed by atoms with E-state index in [1.165, 1.54) is 10.4 Å². The Morgan fingerprint density at radius 3 is 2.74 bits per heavy atom. The summed E-state index contributed by atoms with van der Waals surface area (Å²) in [4.78, 5) is 23.6. The highest BCUT2D eigenvalue weighted by atomic mass is 32.1. The van der Waals surface area contributed by atoms with Crippen molar-refractivity contribution in [1.82, 2.24) is 9.97 Å². The summed E-state index contributed by atoms with van der Waals surface area (Å²) in [5.74, 6) is 0.179. The van der Waals surface area contributed by atoms with Crippen LogP contribution in [0.15, 0.2) is 47.2 Å². The fourth-order valence-electron chi connectivity index (χ4n) is 4.49. The Bertz CT molecular complexity index is 1130. The third kappa shape index (κ3) is 2.52. The number of allylic oxidation sites excluding steroid dienone is 2. The first-order chi connectivity index (χ1) is 12.9. The number of nitrogens with zero attached hydrogens (tertiary/aromatic N) is 2. The van der Waals surface area contributed by atoms with Crippen molar-refractivity contribution in [2.24, 2.45) is 5.41 Å². The minimum Gasteiger partial charge on any atom is -0.358 e. The normalized spacial score (nSPS) is 21.0. The van der Waals surface area contributed by atoms with E-state index in [0.717, 1.165) is 40.0 Å². The summed E-state index contributed by atoms with van der Waals surface area (Å²) in [6.45, 7) is 6.47. The van der Waals surface area contributed by atoms with E-state index in [1.807, 2.05) is 6.07 Å². The molecule has 136 valence electrons. The summed E-state index contributed by atoms with van der Waals surface area (Å²) >= 11 is 1.72. The smallest absolute Gasteiger partial charge is 0.162 e. The molecule has 0 radical (unpaired) electrons. The largest absolute Gasteiger partial charge is 0.358 e. The van der Waals surface area contributed by atoms with Crippen molar-refractivity contribution >= 4 is 33.8 Å². The second-order valence-electron chi connectivity index (χ2n) is 8.31. The third-order valence-electron chi connectivity index (χ3n) is 5.63. The Labute approximate surface area is 162 Å². The summed E-state index contributed by atoms with van der Waals surface area (Å²) in [5.41, 5.74) is 7.07. The Kier molecular flexibility index (Phi) is 3.53. The third-order valence-corrected chi connectivity index (χ3v) is 6.71. The van der Waals surface area contributed by atoms with Gasteiger partial charge in [0, 0.05) is 46.2 Å². The molecule has 0 spiro atoms. The number of aryl methyl sites for hydroxylation is 1. The van der Waals surface area contributed by atoms with Crippen LogP contribution < -0.4 is 5.32 Å². The van der Waals surface area contributed by atoms with Crippen LogP contribution in [0, 0.1) is 12.3 Å². The highest BCUT2D eigenvalue weighted by Gasteiger charge is 2.42. The van der Waals surface area contributed by atoms with Crippen molar-refractivity contribution in [2.45, 2.75) is 39.5 Å². The number of hydrogen-bond donors (Lipinski definition) is 1. The Morgan fingerprint density at radius 2 is 1.96 bits per heavy atom. The van der Waals surface area contributed by atoms with Gasteiger partial charge in [-0.1, -0.05) is 13.8 Å². The van der Waals surface area contributed by atoms with Gasteiger partial charge in [0.05, 0.1) is 17.0 Å². The minimum atomic E-state index is -0.0692. The quantitative estimate of drug-likeness (QED) is 0.635. The second-order valence-corrected chi connectivity index (χ2v) is 9.26. The van der Waals surface area contributed by atoms with Crippen LogP contribution in [0.3, 0.4) is 0 Å². The number of fused-ring (bicyclic) bond motifs is 3. The Balaban J connectivity index is 1.84. The standard InChI is InChI=1S/C22H21N3OS/c1-12-6-9-27-21(12)19-17-15(10-22(2,3)11-16(17)26)25-13-4-5-14-20(18(13)19)24-8-7-23-14/h4-9,19,25H,10-11H2,1-3H3. The molecule has 0 fully saturated rings. The van der Waals surface area contributed by atoms with E-state index in [9.17, 15) is 4.79 Å². The van der Waals surface area contributed by atoms with E-state index in [1.54, 1.807) is 23.7 Å². The van der Waals surface area contributed by atoms with Crippen LogP contribution in [-0.2, 0) is 4.79 Å². The predicted octanol–water partition coefficient (Wildman–Crippen LogP) is 5.20. The van der Waals surface area contributed by atoms with Gasteiger partial charge in [-0.25, -0.2) is 0 Å². The van der Waals surface area contributed by atoms with Crippen molar-refractivity contribution < 1.29 is 4.79 Å². The van der Waals surface area contributed by atoms with Crippen molar-refractivity contribution in [3.8, 4) is 0 Å². The summed E-state index contributed by atoms with van der Waals surface area (Å²) in [5, 5.41) is 5.70.